The third kappa shape index (κ3) is 2.62. The zero-order chi connectivity index (χ0) is 10.8. The monoisotopic (exact) mass is 337 g/mol. The summed E-state index contributed by atoms with van der Waals surface area (Å²) in [7, 11) is 0. The molecule has 1 fully saturated rings. The van der Waals surface area contributed by atoms with Crippen molar-refractivity contribution >= 4 is 37.8 Å². The first-order chi connectivity index (χ1) is 7.16. The molecule has 1 aliphatic heterocycles. The maximum Gasteiger partial charge on any atom is 0.287 e. The van der Waals surface area contributed by atoms with Crippen LogP contribution in [0.25, 0.3) is 0 Å². The molecule has 2 rings (SSSR count). The van der Waals surface area contributed by atoms with Gasteiger partial charge in [0.2, 0.25) is 0 Å². The third-order valence-corrected chi connectivity index (χ3v) is 3.45. The van der Waals surface area contributed by atoms with Gasteiger partial charge in [-0.3, -0.25) is 4.79 Å². The first-order valence-electron chi connectivity index (χ1n) is 4.45. The number of nitrogens with one attached hydrogen (secondary N) is 1. The molecular weight excluding hydrogens is 330 g/mol. The second kappa shape index (κ2) is 4.67. The van der Waals surface area contributed by atoms with Crippen molar-refractivity contribution in [2.75, 3.05) is 13.2 Å². The number of hydrogen-bond acceptors (Lipinski definition) is 3. The number of furan rings is 1. The fourth-order valence-corrected chi connectivity index (χ4v) is 2.11. The van der Waals surface area contributed by atoms with Crippen LogP contribution in [0.1, 0.15) is 10.6 Å². The quantitative estimate of drug-likeness (QED) is 0.838. The van der Waals surface area contributed by atoms with E-state index in [0.717, 1.165) is 0 Å². The van der Waals surface area contributed by atoms with Crippen molar-refractivity contribution < 1.29 is 13.9 Å². The lowest BCUT2D eigenvalue weighted by Gasteiger charge is -2.12. The summed E-state index contributed by atoms with van der Waals surface area (Å²) in [5.74, 6) is 0.0779. The first-order valence-corrected chi connectivity index (χ1v) is 6.15. The number of carbonyl (C=O) groups is 1. The number of carbonyl (C=O) groups excluding carboxylic acids is 1. The van der Waals surface area contributed by atoms with Crippen molar-refractivity contribution in [2.45, 2.75) is 10.9 Å². The Bertz CT molecular complexity index is 366. The van der Waals surface area contributed by atoms with E-state index in [1.165, 1.54) is 0 Å². The van der Waals surface area contributed by atoms with Crippen LogP contribution in [0.3, 0.4) is 0 Å². The first kappa shape index (κ1) is 11.2. The summed E-state index contributed by atoms with van der Waals surface area (Å²) in [4.78, 5) is 11.8. The third-order valence-electron chi connectivity index (χ3n) is 2.12. The highest BCUT2D eigenvalue weighted by Gasteiger charge is 2.28. The second-order valence-corrected chi connectivity index (χ2v) is 5.19. The van der Waals surface area contributed by atoms with Gasteiger partial charge in [-0.15, -0.1) is 0 Å². The van der Waals surface area contributed by atoms with Crippen LogP contribution in [0, 0.1) is 0 Å². The normalized spacial score (nSPS) is 25.5. The Morgan fingerprint density at radius 2 is 2.27 bits per heavy atom. The van der Waals surface area contributed by atoms with Crippen LogP contribution in [0.5, 0.6) is 0 Å². The largest absolute Gasteiger partial charge is 0.444 e. The zero-order valence-corrected chi connectivity index (χ0v) is 10.9. The van der Waals surface area contributed by atoms with Crippen molar-refractivity contribution in [3.8, 4) is 0 Å². The molecule has 15 heavy (non-hydrogen) atoms. The van der Waals surface area contributed by atoms with Gasteiger partial charge >= 0.3 is 0 Å². The molecule has 1 aromatic rings. The van der Waals surface area contributed by atoms with Crippen molar-refractivity contribution in [2.24, 2.45) is 0 Å². The summed E-state index contributed by atoms with van der Waals surface area (Å²) in [6.45, 7) is 1.15. The summed E-state index contributed by atoms with van der Waals surface area (Å²) in [5, 5.41) is 2.83. The molecule has 2 atom stereocenters. The number of amides is 1. The van der Waals surface area contributed by atoms with Crippen molar-refractivity contribution in [3.05, 3.63) is 22.6 Å². The number of halogens is 2. The topological polar surface area (TPSA) is 51.5 Å². The molecule has 2 heterocycles. The van der Waals surface area contributed by atoms with Crippen LogP contribution in [-0.2, 0) is 4.74 Å². The SMILES string of the molecule is O=C(NC1COCC1Br)c1ccc(Br)o1. The van der Waals surface area contributed by atoms with Crippen LogP contribution < -0.4 is 5.32 Å². The van der Waals surface area contributed by atoms with Crippen LogP contribution in [0.4, 0.5) is 0 Å². The van der Waals surface area contributed by atoms with E-state index in [1.54, 1.807) is 12.1 Å². The fraction of sp³-hybridized carbons (Fsp3) is 0.444. The van der Waals surface area contributed by atoms with Gasteiger partial charge in [-0.25, -0.2) is 0 Å². The molecule has 1 aliphatic rings. The summed E-state index contributed by atoms with van der Waals surface area (Å²) in [6, 6.07) is 3.31. The lowest BCUT2D eigenvalue weighted by Crippen LogP contribution is -2.40. The zero-order valence-electron chi connectivity index (χ0n) is 7.70. The molecule has 1 saturated heterocycles. The Labute approximate surface area is 104 Å². The number of hydrogen-bond donors (Lipinski definition) is 1. The van der Waals surface area contributed by atoms with Gasteiger partial charge in [-0.05, 0) is 28.1 Å². The molecule has 1 amide bonds. The van der Waals surface area contributed by atoms with Crippen molar-refractivity contribution in [1.82, 2.24) is 5.32 Å². The molecule has 0 saturated carbocycles. The van der Waals surface area contributed by atoms with Crippen molar-refractivity contribution in [1.29, 1.82) is 0 Å². The average molecular weight is 339 g/mol. The van der Waals surface area contributed by atoms with Gasteiger partial charge in [-0.1, -0.05) is 15.9 Å². The van der Waals surface area contributed by atoms with E-state index < -0.39 is 0 Å². The molecule has 0 aromatic carbocycles. The second-order valence-electron chi connectivity index (χ2n) is 3.24. The van der Waals surface area contributed by atoms with E-state index in [4.69, 9.17) is 9.15 Å². The predicted molar refractivity (Wildman–Crippen MR) is 61.2 cm³/mol. The van der Waals surface area contributed by atoms with E-state index in [1.807, 2.05) is 0 Å². The summed E-state index contributed by atoms with van der Waals surface area (Å²) in [5.41, 5.74) is 0. The van der Waals surface area contributed by atoms with E-state index in [-0.39, 0.29) is 16.8 Å². The maximum absolute atomic E-state index is 11.7. The molecule has 0 bridgehead atoms. The van der Waals surface area contributed by atoms with Crippen LogP contribution in [0.2, 0.25) is 0 Å². The molecule has 82 valence electrons. The average Bonchev–Trinajstić information content (AvgIpc) is 2.77. The molecule has 0 aliphatic carbocycles. The minimum absolute atomic E-state index is 0.00127. The van der Waals surface area contributed by atoms with Gasteiger partial charge in [0, 0.05) is 0 Å². The van der Waals surface area contributed by atoms with Crippen LogP contribution in [0.15, 0.2) is 21.2 Å². The number of alkyl halides is 1. The minimum Gasteiger partial charge on any atom is -0.444 e. The Kier molecular flexibility index (Phi) is 3.48. The molecule has 4 nitrogen and oxygen atoms in total. The van der Waals surface area contributed by atoms with Crippen LogP contribution in [-0.4, -0.2) is 30.0 Å². The summed E-state index contributed by atoms with van der Waals surface area (Å²) < 4.78 is 10.9. The number of ether oxygens (including phenoxy) is 1. The van der Waals surface area contributed by atoms with Crippen molar-refractivity contribution in [3.63, 3.8) is 0 Å². The van der Waals surface area contributed by atoms with Gasteiger partial charge < -0.3 is 14.5 Å². The molecular formula is C9H9Br2NO3. The molecule has 0 spiro atoms. The lowest BCUT2D eigenvalue weighted by molar-refractivity contribution is 0.0901. The summed E-state index contributed by atoms with van der Waals surface area (Å²) in [6.07, 6.45) is 0. The molecule has 6 heteroatoms. The fourth-order valence-electron chi connectivity index (χ4n) is 1.34. The molecule has 0 radical (unpaired) electrons. The van der Waals surface area contributed by atoms with Gasteiger partial charge in [0.1, 0.15) is 0 Å². The van der Waals surface area contributed by atoms with Gasteiger partial charge in [0.05, 0.1) is 24.1 Å². The highest BCUT2D eigenvalue weighted by molar-refractivity contribution is 9.10. The predicted octanol–water partition coefficient (Wildman–Crippen LogP) is 1.93. The maximum atomic E-state index is 11.7. The highest BCUT2D eigenvalue weighted by atomic mass is 79.9. The molecule has 1 aromatic heterocycles. The standard InChI is InChI=1S/C9H9Br2NO3/c10-5-3-14-4-6(5)12-9(13)7-1-2-8(11)15-7/h1-2,5-6H,3-4H2,(H,12,13). The molecule has 2 unspecified atom stereocenters. The Hall–Kier alpha value is -0.330. The van der Waals surface area contributed by atoms with Crippen LogP contribution >= 0.6 is 31.9 Å². The van der Waals surface area contributed by atoms with Gasteiger partial charge in [0.15, 0.2) is 10.4 Å². The Balaban J connectivity index is 1.97. The molecule has 1 N–H and O–H groups in total. The van der Waals surface area contributed by atoms with E-state index in [0.29, 0.717) is 23.6 Å². The lowest BCUT2D eigenvalue weighted by atomic mass is 10.2. The van der Waals surface area contributed by atoms with E-state index >= 15 is 0 Å². The number of rotatable bonds is 2. The minimum atomic E-state index is -0.222. The Morgan fingerprint density at radius 1 is 1.47 bits per heavy atom. The van der Waals surface area contributed by atoms with Gasteiger partial charge in [-0.2, -0.15) is 0 Å². The van der Waals surface area contributed by atoms with E-state index in [9.17, 15) is 4.79 Å². The Morgan fingerprint density at radius 3 is 2.80 bits per heavy atom. The highest BCUT2D eigenvalue weighted by Crippen LogP contribution is 2.17. The smallest absolute Gasteiger partial charge is 0.287 e. The summed E-state index contributed by atoms with van der Waals surface area (Å²) >= 11 is 6.58. The van der Waals surface area contributed by atoms with Gasteiger partial charge in [0.25, 0.3) is 5.91 Å². The van der Waals surface area contributed by atoms with E-state index in [2.05, 4.69) is 37.2 Å².